The molecule has 0 aliphatic carbocycles. The van der Waals surface area contributed by atoms with Crippen LogP contribution in [-0.2, 0) is 4.79 Å². The van der Waals surface area contributed by atoms with E-state index in [-0.39, 0.29) is 5.91 Å². The molecule has 0 bridgehead atoms. The molecule has 5 heteroatoms. The monoisotopic (exact) mass is 279 g/mol. The van der Waals surface area contributed by atoms with E-state index >= 15 is 0 Å². The first-order chi connectivity index (χ1) is 10.2. The topological polar surface area (TPSA) is 75.0 Å². The van der Waals surface area contributed by atoms with Crippen LogP contribution in [0.4, 0.5) is 5.69 Å². The number of nitriles is 1. The minimum atomic E-state index is -0.497. The van der Waals surface area contributed by atoms with Gasteiger partial charge in [-0.05, 0) is 36.8 Å². The van der Waals surface area contributed by atoms with Crippen LogP contribution in [0.1, 0.15) is 29.5 Å². The molecule has 0 saturated carbocycles. The molecule has 0 fully saturated rings. The van der Waals surface area contributed by atoms with Gasteiger partial charge in [0, 0.05) is 17.4 Å². The van der Waals surface area contributed by atoms with Crippen LogP contribution in [0, 0.1) is 11.3 Å². The van der Waals surface area contributed by atoms with Crippen LogP contribution in [0.5, 0.6) is 5.88 Å². The lowest BCUT2D eigenvalue weighted by Crippen LogP contribution is -2.15. The Morgan fingerprint density at radius 2 is 2.24 bits per heavy atom. The molecule has 1 amide bonds. The molecule has 2 aromatic rings. The van der Waals surface area contributed by atoms with Crippen LogP contribution in [0.2, 0.25) is 0 Å². The lowest BCUT2D eigenvalue weighted by atomic mass is 9.92. The third-order valence-electron chi connectivity index (χ3n) is 3.40. The summed E-state index contributed by atoms with van der Waals surface area (Å²) in [6, 6.07) is 10.9. The third-order valence-corrected chi connectivity index (χ3v) is 3.40. The molecule has 5 nitrogen and oxygen atoms in total. The van der Waals surface area contributed by atoms with Gasteiger partial charge in [-0.15, -0.1) is 0 Å². The number of rotatable bonds is 3. The second kappa shape index (κ2) is 5.25. The van der Waals surface area contributed by atoms with Crippen LogP contribution < -0.4 is 10.1 Å². The fourth-order valence-corrected chi connectivity index (χ4v) is 2.52. The number of carbonyl (C=O) groups excluding carboxylic acids is 1. The zero-order valence-corrected chi connectivity index (χ0v) is 11.5. The smallest absolute Gasteiger partial charge is 0.236 e. The predicted molar refractivity (Wildman–Crippen MR) is 77.0 cm³/mol. The third kappa shape index (κ3) is 2.21. The highest BCUT2D eigenvalue weighted by Gasteiger charge is 2.34. The number of fused-ring (bicyclic) bond motifs is 1. The van der Waals surface area contributed by atoms with E-state index in [1.165, 1.54) is 0 Å². The molecule has 1 aromatic carbocycles. The van der Waals surface area contributed by atoms with Crippen molar-refractivity contribution in [1.82, 2.24) is 4.98 Å². The Morgan fingerprint density at radius 1 is 1.38 bits per heavy atom. The summed E-state index contributed by atoms with van der Waals surface area (Å²) in [5.41, 5.74) is 2.76. The summed E-state index contributed by atoms with van der Waals surface area (Å²) in [4.78, 5) is 16.5. The molecule has 1 unspecified atom stereocenters. The van der Waals surface area contributed by atoms with Crippen molar-refractivity contribution < 1.29 is 9.53 Å². The van der Waals surface area contributed by atoms with Gasteiger partial charge in [-0.3, -0.25) is 4.79 Å². The molecule has 1 atom stereocenters. The number of hydrogen-bond donors (Lipinski definition) is 1. The first-order valence-electron chi connectivity index (χ1n) is 6.67. The molecule has 0 spiro atoms. The van der Waals surface area contributed by atoms with Gasteiger partial charge in [-0.2, -0.15) is 5.26 Å². The number of nitrogens with zero attached hydrogens (tertiary/aromatic N) is 2. The second-order valence-electron chi connectivity index (χ2n) is 4.67. The molecule has 2 heterocycles. The van der Waals surface area contributed by atoms with Crippen molar-refractivity contribution in [2.75, 3.05) is 11.9 Å². The first-order valence-corrected chi connectivity index (χ1v) is 6.67. The summed E-state index contributed by atoms with van der Waals surface area (Å²) in [6.45, 7) is 2.35. The maximum Gasteiger partial charge on any atom is 0.236 e. The summed E-state index contributed by atoms with van der Waals surface area (Å²) in [7, 11) is 0. The number of pyridine rings is 1. The predicted octanol–water partition coefficient (Wildman–Crippen LogP) is 2.44. The minimum absolute atomic E-state index is 0.131. The maximum atomic E-state index is 12.3. The number of nitrogens with one attached hydrogen (secondary N) is 1. The first kappa shape index (κ1) is 13.1. The average Bonchev–Trinajstić information content (AvgIpc) is 2.83. The van der Waals surface area contributed by atoms with Crippen LogP contribution in [-0.4, -0.2) is 17.5 Å². The molecule has 0 saturated heterocycles. The van der Waals surface area contributed by atoms with Crippen molar-refractivity contribution in [2.45, 2.75) is 12.8 Å². The summed E-state index contributed by atoms with van der Waals surface area (Å²) in [6.07, 6.45) is 1.63. The number of benzene rings is 1. The highest BCUT2D eigenvalue weighted by Crippen LogP contribution is 2.40. The summed E-state index contributed by atoms with van der Waals surface area (Å²) >= 11 is 0. The Bertz CT molecular complexity index is 749. The fraction of sp³-hybridized carbons (Fsp3) is 0.188. The zero-order chi connectivity index (χ0) is 14.8. The van der Waals surface area contributed by atoms with E-state index in [4.69, 9.17) is 10.00 Å². The standard InChI is InChI=1S/C16H13N3O2/c1-2-21-16-11(4-3-7-18-16)14-12-8-10(9-17)5-6-13(12)19-15(14)20/h3-8,14H,2H2,1H3,(H,19,20). The number of amides is 1. The Morgan fingerprint density at radius 3 is 3.00 bits per heavy atom. The fourth-order valence-electron chi connectivity index (χ4n) is 2.52. The van der Waals surface area contributed by atoms with Crippen LogP contribution in [0.25, 0.3) is 0 Å². The summed E-state index contributed by atoms with van der Waals surface area (Å²) in [5.74, 6) is -0.173. The molecule has 21 heavy (non-hydrogen) atoms. The van der Waals surface area contributed by atoms with Gasteiger partial charge < -0.3 is 10.1 Å². The van der Waals surface area contributed by atoms with Gasteiger partial charge in [-0.1, -0.05) is 6.07 Å². The Labute approximate surface area is 122 Å². The van der Waals surface area contributed by atoms with E-state index in [0.29, 0.717) is 23.6 Å². The number of anilines is 1. The van der Waals surface area contributed by atoms with E-state index in [1.54, 1.807) is 30.5 Å². The number of aromatic nitrogens is 1. The van der Waals surface area contributed by atoms with Gasteiger partial charge in [0.2, 0.25) is 11.8 Å². The molecule has 1 aliphatic rings. The average molecular weight is 279 g/mol. The second-order valence-corrected chi connectivity index (χ2v) is 4.67. The van der Waals surface area contributed by atoms with Crippen molar-refractivity contribution in [3.05, 3.63) is 53.2 Å². The van der Waals surface area contributed by atoms with Crippen molar-refractivity contribution in [2.24, 2.45) is 0 Å². The minimum Gasteiger partial charge on any atom is -0.478 e. The molecule has 1 aromatic heterocycles. The van der Waals surface area contributed by atoms with Gasteiger partial charge in [-0.25, -0.2) is 4.98 Å². The van der Waals surface area contributed by atoms with Crippen molar-refractivity contribution in [3.8, 4) is 11.9 Å². The van der Waals surface area contributed by atoms with Crippen molar-refractivity contribution in [1.29, 1.82) is 5.26 Å². The lowest BCUT2D eigenvalue weighted by molar-refractivity contribution is -0.116. The van der Waals surface area contributed by atoms with Gasteiger partial charge in [0.1, 0.15) is 0 Å². The molecule has 3 rings (SSSR count). The van der Waals surface area contributed by atoms with Gasteiger partial charge >= 0.3 is 0 Å². The van der Waals surface area contributed by atoms with Crippen LogP contribution in [0.3, 0.4) is 0 Å². The van der Waals surface area contributed by atoms with E-state index in [0.717, 1.165) is 11.3 Å². The molecule has 104 valence electrons. The molecular weight excluding hydrogens is 266 g/mol. The van der Waals surface area contributed by atoms with Crippen LogP contribution >= 0.6 is 0 Å². The normalized spacial score (nSPS) is 16.0. The summed E-state index contributed by atoms with van der Waals surface area (Å²) < 4.78 is 5.51. The molecule has 1 aliphatic heterocycles. The number of ether oxygens (including phenoxy) is 1. The number of carbonyl (C=O) groups is 1. The SMILES string of the molecule is CCOc1ncccc1C1C(=O)Nc2ccc(C#N)cc21. The molecule has 0 radical (unpaired) electrons. The maximum absolute atomic E-state index is 12.3. The van der Waals surface area contributed by atoms with Crippen LogP contribution in [0.15, 0.2) is 36.5 Å². The van der Waals surface area contributed by atoms with Crippen molar-refractivity contribution in [3.63, 3.8) is 0 Å². The van der Waals surface area contributed by atoms with Crippen molar-refractivity contribution >= 4 is 11.6 Å². The zero-order valence-electron chi connectivity index (χ0n) is 11.5. The highest BCUT2D eigenvalue weighted by molar-refractivity contribution is 6.05. The quantitative estimate of drug-likeness (QED) is 0.936. The van der Waals surface area contributed by atoms with E-state index in [2.05, 4.69) is 16.4 Å². The Hall–Kier alpha value is -2.87. The van der Waals surface area contributed by atoms with E-state index in [1.807, 2.05) is 13.0 Å². The van der Waals surface area contributed by atoms with E-state index in [9.17, 15) is 4.79 Å². The molecular formula is C16H13N3O2. The highest BCUT2D eigenvalue weighted by atomic mass is 16.5. The lowest BCUT2D eigenvalue weighted by Gasteiger charge is -2.13. The van der Waals surface area contributed by atoms with Gasteiger partial charge in [0.05, 0.1) is 24.2 Å². The van der Waals surface area contributed by atoms with Gasteiger partial charge in [0.15, 0.2) is 0 Å². The van der Waals surface area contributed by atoms with Gasteiger partial charge in [0.25, 0.3) is 0 Å². The molecule has 1 N–H and O–H groups in total. The Kier molecular flexibility index (Phi) is 3.28. The Balaban J connectivity index is 2.13. The summed E-state index contributed by atoms with van der Waals surface area (Å²) in [5, 5.41) is 11.9. The number of hydrogen-bond acceptors (Lipinski definition) is 4. The largest absolute Gasteiger partial charge is 0.478 e. The van der Waals surface area contributed by atoms with E-state index < -0.39 is 5.92 Å².